The predicted molar refractivity (Wildman–Crippen MR) is 95.5 cm³/mol. The lowest BCUT2D eigenvalue weighted by atomic mass is 9.93. The highest BCUT2D eigenvalue weighted by Gasteiger charge is 2.55. The molecule has 2 aromatic rings. The van der Waals surface area contributed by atoms with E-state index in [4.69, 9.17) is 9.47 Å². The van der Waals surface area contributed by atoms with Gasteiger partial charge in [0.15, 0.2) is 11.5 Å². The number of aliphatic hydroxyl groups is 1. The number of hydrogen-bond acceptors (Lipinski definition) is 5. The van der Waals surface area contributed by atoms with Crippen LogP contribution in [0.2, 0.25) is 0 Å². The Hall–Kier alpha value is -3.27. The highest BCUT2D eigenvalue weighted by molar-refractivity contribution is 6.39. The molecule has 0 unspecified atom stereocenters. The minimum absolute atomic E-state index is 0.198. The van der Waals surface area contributed by atoms with Crippen LogP contribution in [0.15, 0.2) is 48.5 Å². The number of nitrogens with one attached hydrogen (secondary N) is 2. The highest BCUT2D eigenvalue weighted by atomic mass is 19.4. The third-order valence-corrected chi connectivity index (χ3v) is 4.23. The number of benzene rings is 2. The van der Waals surface area contributed by atoms with Gasteiger partial charge < -0.3 is 25.2 Å². The van der Waals surface area contributed by atoms with Crippen molar-refractivity contribution in [2.75, 3.05) is 25.1 Å². The Balaban J connectivity index is 1.66. The molecule has 1 atom stereocenters. The summed E-state index contributed by atoms with van der Waals surface area (Å²) in [6.45, 7) is -0.529. The van der Waals surface area contributed by atoms with Crippen LogP contribution in [0.3, 0.4) is 0 Å². The van der Waals surface area contributed by atoms with Gasteiger partial charge in [-0.2, -0.15) is 13.2 Å². The van der Waals surface area contributed by atoms with Crippen molar-refractivity contribution in [1.29, 1.82) is 0 Å². The molecule has 154 valence electrons. The van der Waals surface area contributed by atoms with E-state index in [-0.39, 0.29) is 5.69 Å². The molecule has 1 aliphatic heterocycles. The third kappa shape index (κ3) is 4.43. The molecule has 0 aromatic heterocycles. The number of alkyl halides is 3. The number of fused-ring (bicyclic) bond motifs is 1. The summed E-state index contributed by atoms with van der Waals surface area (Å²) in [5.74, 6) is -1.69. The molecule has 29 heavy (non-hydrogen) atoms. The monoisotopic (exact) mass is 410 g/mol. The number of ether oxygens (including phenoxy) is 2. The van der Waals surface area contributed by atoms with Crippen LogP contribution in [0.25, 0.3) is 0 Å². The fourth-order valence-electron chi connectivity index (χ4n) is 2.68. The Labute approximate surface area is 163 Å². The van der Waals surface area contributed by atoms with E-state index in [0.717, 1.165) is 12.1 Å². The SMILES string of the molecule is O=C(NC[C@@](O)(c1ccccc1)C(F)(F)F)C(=O)Nc1ccc2c(c1)OCCO2. The van der Waals surface area contributed by atoms with Gasteiger partial charge in [-0.1, -0.05) is 30.3 Å². The number of carbonyl (C=O) groups excluding carboxylic acids is 2. The maximum Gasteiger partial charge on any atom is 0.423 e. The molecule has 10 heteroatoms. The molecule has 0 fully saturated rings. The summed E-state index contributed by atoms with van der Waals surface area (Å²) in [6.07, 6.45) is -5.08. The van der Waals surface area contributed by atoms with E-state index < -0.39 is 35.7 Å². The van der Waals surface area contributed by atoms with Crippen LogP contribution in [0.4, 0.5) is 18.9 Å². The van der Waals surface area contributed by atoms with Gasteiger partial charge in [0.1, 0.15) is 13.2 Å². The van der Waals surface area contributed by atoms with E-state index in [9.17, 15) is 27.9 Å². The van der Waals surface area contributed by atoms with E-state index >= 15 is 0 Å². The molecule has 0 saturated heterocycles. The molecule has 1 aliphatic rings. The first-order valence-electron chi connectivity index (χ1n) is 8.54. The Kier molecular flexibility index (Phi) is 5.64. The topological polar surface area (TPSA) is 96.9 Å². The zero-order valence-corrected chi connectivity index (χ0v) is 15.0. The summed E-state index contributed by atoms with van der Waals surface area (Å²) in [7, 11) is 0. The Bertz CT molecular complexity index is 904. The summed E-state index contributed by atoms with van der Waals surface area (Å²) in [4.78, 5) is 24.0. The van der Waals surface area contributed by atoms with E-state index in [1.807, 2.05) is 5.32 Å². The van der Waals surface area contributed by atoms with Crippen molar-refractivity contribution in [2.45, 2.75) is 11.8 Å². The fourth-order valence-corrected chi connectivity index (χ4v) is 2.68. The van der Waals surface area contributed by atoms with Gasteiger partial charge >= 0.3 is 18.0 Å². The van der Waals surface area contributed by atoms with Crippen molar-refractivity contribution in [3.63, 3.8) is 0 Å². The Morgan fingerprint density at radius 2 is 1.62 bits per heavy atom. The van der Waals surface area contributed by atoms with Crippen LogP contribution >= 0.6 is 0 Å². The fraction of sp³-hybridized carbons (Fsp3) is 0.263. The molecule has 1 heterocycles. The summed E-state index contributed by atoms with van der Waals surface area (Å²) in [5.41, 5.74) is -3.61. The first-order chi connectivity index (χ1) is 13.7. The maximum atomic E-state index is 13.4. The Morgan fingerprint density at radius 1 is 0.966 bits per heavy atom. The second-order valence-electron chi connectivity index (χ2n) is 6.22. The molecule has 2 amide bonds. The first-order valence-corrected chi connectivity index (χ1v) is 8.54. The van der Waals surface area contributed by atoms with Gasteiger partial charge in [-0.3, -0.25) is 9.59 Å². The minimum Gasteiger partial charge on any atom is -0.486 e. The van der Waals surface area contributed by atoms with Crippen LogP contribution in [0, 0.1) is 0 Å². The van der Waals surface area contributed by atoms with Gasteiger partial charge in [0.25, 0.3) is 0 Å². The van der Waals surface area contributed by atoms with Crippen molar-refractivity contribution < 1.29 is 37.3 Å². The second kappa shape index (κ2) is 8.00. The molecule has 3 N–H and O–H groups in total. The normalized spacial score (nSPS) is 15.2. The van der Waals surface area contributed by atoms with Gasteiger partial charge in [-0.15, -0.1) is 0 Å². The third-order valence-electron chi connectivity index (χ3n) is 4.23. The largest absolute Gasteiger partial charge is 0.486 e. The number of halogens is 3. The molecule has 7 nitrogen and oxygen atoms in total. The molecule has 0 bridgehead atoms. The first kappa shape index (κ1) is 20.5. The standard InChI is InChI=1S/C19H17F3N2O5/c20-19(21,22)18(27,12-4-2-1-3-5-12)11-23-16(25)17(26)24-13-6-7-14-15(10-13)29-9-8-28-14/h1-7,10,27H,8-9,11H2,(H,23,25)(H,24,26)/t18-/m1/s1. The predicted octanol–water partition coefficient (Wildman–Crippen LogP) is 1.96. The number of hydrogen-bond donors (Lipinski definition) is 3. The van der Waals surface area contributed by atoms with Gasteiger partial charge in [-0.25, -0.2) is 0 Å². The average molecular weight is 410 g/mol. The number of anilines is 1. The lowest BCUT2D eigenvalue weighted by Crippen LogP contribution is -2.52. The van der Waals surface area contributed by atoms with Crippen molar-refractivity contribution in [1.82, 2.24) is 5.32 Å². The van der Waals surface area contributed by atoms with Gasteiger partial charge in [0.2, 0.25) is 5.60 Å². The molecule has 0 aliphatic carbocycles. The zero-order valence-electron chi connectivity index (χ0n) is 15.0. The minimum atomic E-state index is -5.08. The quantitative estimate of drug-likeness (QED) is 0.670. The van der Waals surface area contributed by atoms with E-state index in [2.05, 4.69) is 5.32 Å². The number of rotatable bonds is 4. The van der Waals surface area contributed by atoms with Crippen LogP contribution < -0.4 is 20.1 Å². The molecule has 0 spiro atoms. The van der Waals surface area contributed by atoms with Crippen molar-refractivity contribution in [3.05, 3.63) is 54.1 Å². The van der Waals surface area contributed by atoms with Gasteiger partial charge in [0.05, 0.1) is 6.54 Å². The molecule has 0 radical (unpaired) electrons. The van der Waals surface area contributed by atoms with Crippen molar-refractivity contribution >= 4 is 17.5 Å². The smallest absolute Gasteiger partial charge is 0.423 e. The van der Waals surface area contributed by atoms with Crippen LogP contribution in [0.1, 0.15) is 5.56 Å². The average Bonchev–Trinajstić information content (AvgIpc) is 2.71. The summed E-state index contributed by atoms with van der Waals surface area (Å²) in [5, 5.41) is 14.3. The lowest BCUT2D eigenvalue weighted by molar-refractivity contribution is -0.264. The summed E-state index contributed by atoms with van der Waals surface area (Å²) in [6, 6.07) is 10.7. The molecular weight excluding hydrogens is 393 g/mol. The van der Waals surface area contributed by atoms with E-state index in [1.54, 1.807) is 0 Å². The van der Waals surface area contributed by atoms with Crippen LogP contribution in [-0.4, -0.2) is 42.9 Å². The van der Waals surface area contributed by atoms with E-state index in [1.165, 1.54) is 36.4 Å². The molecule has 2 aromatic carbocycles. The second-order valence-corrected chi connectivity index (χ2v) is 6.22. The summed E-state index contributed by atoms with van der Waals surface area (Å²) < 4.78 is 50.9. The highest BCUT2D eigenvalue weighted by Crippen LogP contribution is 2.38. The molecular formula is C19H17F3N2O5. The number of carbonyl (C=O) groups is 2. The van der Waals surface area contributed by atoms with E-state index in [0.29, 0.717) is 24.7 Å². The Morgan fingerprint density at radius 3 is 2.28 bits per heavy atom. The van der Waals surface area contributed by atoms with Crippen LogP contribution in [0.5, 0.6) is 11.5 Å². The van der Waals surface area contributed by atoms with Crippen molar-refractivity contribution in [2.24, 2.45) is 0 Å². The zero-order chi connectivity index (χ0) is 21.1. The van der Waals surface area contributed by atoms with Gasteiger partial charge in [0, 0.05) is 11.8 Å². The van der Waals surface area contributed by atoms with Crippen molar-refractivity contribution in [3.8, 4) is 11.5 Å². The van der Waals surface area contributed by atoms with Crippen LogP contribution in [-0.2, 0) is 15.2 Å². The van der Waals surface area contributed by atoms with Gasteiger partial charge in [-0.05, 0) is 17.7 Å². The molecule has 3 rings (SSSR count). The molecule has 0 saturated carbocycles. The number of amides is 2. The maximum absolute atomic E-state index is 13.4. The summed E-state index contributed by atoms with van der Waals surface area (Å²) >= 11 is 0. The lowest BCUT2D eigenvalue weighted by Gasteiger charge is -2.31.